The lowest BCUT2D eigenvalue weighted by Gasteiger charge is -2.17. The average Bonchev–Trinajstić information content (AvgIpc) is 2.89. The molecular formula is C13H13Cl2N3O4S. The fraction of sp³-hybridized carbons (Fsp3) is 0.231. The van der Waals surface area contributed by atoms with Crippen LogP contribution in [-0.4, -0.2) is 25.0 Å². The Morgan fingerprint density at radius 1 is 1.52 bits per heavy atom. The number of hydrogen-bond donors (Lipinski definition) is 1. The van der Waals surface area contributed by atoms with Gasteiger partial charge in [0.2, 0.25) is 0 Å². The first-order valence-electron chi connectivity index (χ1n) is 6.20. The number of nitrogens with zero attached hydrogens (tertiary/aromatic N) is 3. The first-order chi connectivity index (χ1) is 10.8. The Morgan fingerprint density at radius 2 is 2.17 bits per heavy atom. The van der Waals surface area contributed by atoms with Crippen molar-refractivity contribution in [2.45, 2.75) is 18.7 Å². The molecule has 7 nitrogen and oxygen atoms in total. The monoisotopic (exact) mass is 377 g/mol. The number of thioether (sulfide) groups is 1. The topological polar surface area (TPSA) is 98.3 Å². The molecule has 0 amide bonds. The summed E-state index contributed by atoms with van der Waals surface area (Å²) in [5, 5.41) is 14.8. The number of carbonyl (C=O) groups is 1. The van der Waals surface area contributed by atoms with Crippen molar-refractivity contribution in [3.63, 3.8) is 0 Å². The van der Waals surface area contributed by atoms with Gasteiger partial charge in [0.05, 0.1) is 11.6 Å². The van der Waals surface area contributed by atoms with E-state index >= 15 is 0 Å². The highest BCUT2D eigenvalue weighted by atomic mass is 35.5. The molecule has 0 bridgehead atoms. The summed E-state index contributed by atoms with van der Waals surface area (Å²) in [5.74, 6) is 0. The Morgan fingerprint density at radius 3 is 2.65 bits per heavy atom. The second-order valence-corrected chi connectivity index (χ2v) is 6.48. The fourth-order valence-corrected chi connectivity index (χ4v) is 3.33. The van der Waals surface area contributed by atoms with E-state index in [1.54, 1.807) is 31.6 Å². The zero-order chi connectivity index (χ0) is 17.4. The van der Waals surface area contributed by atoms with Crippen LogP contribution in [0.3, 0.4) is 0 Å². The van der Waals surface area contributed by atoms with Crippen LogP contribution in [0.25, 0.3) is 0 Å². The molecule has 0 aliphatic rings. The molecule has 124 valence electrons. The molecular weight excluding hydrogens is 365 g/mol. The van der Waals surface area contributed by atoms with Crippen molar-refractivity contribution in [3.8, 4) is 0 Å². The summed E-state index contributed by atoms with van der Waals surface area (Å²) in [4.78, 5) is 23.8. The number of aromatic nitrogens is 2. The first kappa shape index (κ1) is 19.3. The van der Waals surface area contributed by atoms with E-state index in [4.69, 9.17) is 38.5 Å². The van der Waals surface area contributed by atoms with Gasteiger partial charge in [-0.25, -0.2) is 4.98 Å². The molecule has 1 aromatic heterocycles. The summed E-state index contributed by atoms with van der Waals surface area (Å²) >= 11 is 13.4. The minimum Gasteiger partial charge on any atom is -0.336 e. The SMILES string of the molecule is CC(=O)SC(Cn1ccnc1)c1ccc(Cl)cc1Cl.O=[N+]([O-])O. The molecule has 2 aromatic rings. The summed E-state index contributed by atoms with van der Waals surface area (Å²) in [6, 6.07) is 5.34. The van der Waals surface area contributed by atoms with Crippen LogP contribution in [-0.2, 0) is 11.3 Å². The highest BCUT2D eigenvalue weighted by Gasteiger charge is 2.18. The van der Waals surface area contributed by atoms with Crippen molar-refractivity contribution in [2.24, 2.45) is 0 Å². The predicted molar refractivity (Wildman–Crippen MR) is 88.5 cm³/mol. The van der Waals surface area contributed by atoms with Crippen LogP contribution in [0.2, 0.25) is 10.0 Å². The van der Waals surface area contributed by atoms with Gasteiger partial charge in [0.15, 0.2) is 5.12 Å². The van der Waals surface area contributed by atoms with E-state index in [2.05, 4.69) is 4.98 Å². The van der Waals surface area contributed by atoms with Gasteiger partial charge in [-0.3, -0.25) is 4.79 Å². The second-order valence-electron chi connectivity index (χ2n) is 4.26. The molecule has 0 aliphatic carbocycles. The van der Waals surface area contributed by atoms with Crippen LogP contribution in [0.4, 0.5) is 0 Å². The molecule has 1 N–H and O–H groups in total. The van der Waals surface area contributed by atoms with Crippen LogP contribution < -0.4 is 0 Å². The van der Waals surface area contributed by atoms with E-state index < -0.39 is 5.09 Å². The van der Waals surface area contributed by atoms with Gasteiger partial charge in [-0.2, -0.15) is 0 Å². The average molecular weight is 378 g/mol. The van der Waals surface area contributed by atoms with Gasteiger partial charge in [0.25, 0.3) is 5.09 Å². The van der Waals surface area contributed by atoms with Crippen LogP contribution >= 0.6 is 35.0 Å². The van der Waals surface area contributed by atoms with E-state index in [1.807, 2.05) is 16.8 Å². The van der Waals surface area contributed by atoms with Crippen molar-refractivity contribution in [1.82, 2.24) is 9.55 Å². The summed E-state index contributed by atoms with van der Waals surface area (Å²) < 4.78 is 1.92. The number of hydrogen-bond acceptors (Lipinski definition) is 5. The van der Waals surface area contributed by atoms with E-state index in [0.717, 1.165) is 5.56 Å². The number of rotatable bonds is 4. The van der Waals surface area contributed by atoms with Crippen molar-refractivity contribution in [2.75, 3.05) is 0 Å². The van der Waals surface area contributed by atoms with Crippen molar-refractivity contribution in [1.29, 1.82) is 0 Å². The summed E-state index contributed by atoms with van der Waals surface area (Å²) in [6.45, 7) is 2.18. The molecule has 0 aliphatic heterocycles. The molecule has 1 unspecified atom stereocenters. The molecule has 0 saturated carbocycles. The molecule has 1 aromatic carbocycles. The normalized spacial score (nSPS) is 11.3. The van der Waals surface area contributed by atoms with E-state index in [1.165, 1.54) is 11.8 Å². The summed E-state index contributed by atoms with van der Waals surface area (Å²) in [5.41, 5.74) is 0.903. The molecule has 0 saturated heterocycles. The van der Waals surface area contributed by atoms with Crippen molar-refractivity contribution >= 4 is 40.1 Å². The van der Waals surface area contributed by atoms with E-state index in [9.17, 15) is 4.79 Å². The van der Waals surface area contributed by atoms with Gasteiger partial charge in [-0.1, -0.05) is 41.0 Å². The Labute approximate surface area is 146 Å². The number of halogens is 2. The predicted octanol–water partition coefficient (Wildman–Crippen LogP) is 3.86. The molecule has 10 heteroatoms. The van der Waals surface area contributed by atoms with Crippen molar-refractivity contribution in [3.05, 3.63) is 62.6 Å². The second kappa shape index (κ2) is 9.39. The van der Waals surface area contributed by atoms with Gasteiger partial charge in [0.1, 0.15) is 0 Å². The molecule has 1 heterocycles. The summed E-state index contributed by atoms with van der Waals surface area (Å²) in [6.07, 6.45) is 5.29. The quantitative estimate of drug-likeness (QED) is 0.641. The maximum atomic E-state index is 11.4. The fourth-order valence-electron chi connectivity index (χ4n) is 1.75. The van der Waals surface area contributed by atoms with Gasteiger partial charge in [-0.15, -0.1) is 10.1 Å². The third-order valence-corrected chi connectivity index (χ3v) is 4.14. The number of benzene rings is 1. The minimum atomic E-state index is -1.50. The lowest BCUT2D eigenvalue weighted by Crippen LogP contribution is -2.07. The van der Waals surface area contributed by atoms with Crippen LogP contribution in [0.5, 0.6) is 0 Å². The van der Waals surface area contributed by atoms with Gasteiger partial charge < -0.3 is 9.77 Å². The zero-order valence-electron chi connectivity index (χ0n) is 11.9. The Hall–Kier alpha value is -1.77. The standard InChI is InChI=1S/C13H12Cl2N2OS.HNO3/c1-9(18)19-13(7-17-5-4-16-8-17)11-3-2-10(14)6-12(11)15;2-1(3)4/h2-6,8,13H,7H2,1H3;(H,2,3,4). The number of imidazole rings is 1. The Kier molecular flexibility index (Phi) is 7.87. The van der Waals surface area contributed by atoms with Crippen molar-refractivity contribution < 1.29 is 15.1 Å². The van der Waals surface area contributed by atoms with Crippen LogP contribution in [0, 0.1) is 10.1 Å². The number of carbonyl (C=O) groups excluding carboxylic acids is 1. The lowest BCUT2D eigenvalue weighted by molar-refractivity contribution is -0.742. The Bertz CT molecular complexity index is 663. The highest BCUT2D eigenvalue weighted by molar-refractivity contribution is 8.13. The first-order valence-corrected chi connectivity index (χ1v) is 7.84. The largest absolute Gasteiger partial charge is 0.336 e. The third-order valence-electron chi connectivity index (χ3n) is 2.55. The zero-order valence-corrected chi connectivity index (χ0v) is 14.3. The molecule has 23 heavy (non-hydrogen) atoms. The Balaban J connectivity index is 0.000000593. The van der Waals surface area contributed by atoms with E-state index in [-0.39, 0.29) is 10.4 Å². The van der Waals surface area contributed by atoms with E-state index in [0.29, 0.717) is 16.6 Å². The molecule has 0 fully saturated rings. The van der Waals surface area contributed by atoms with Crippen LogP contribution in [0.1, 0.15) is 17.7 Å². The van der Waals surface area contributed by atoms with Crippen LogP contribution in [0.15, 0.2) is 36.9 Å². The minimum absolute atomic E-state index is 0.0520. The lowest BCUT2D eigenvalue weighted by atomic mass is 10.1. The third kappa shape index (κ3) is 7.36. The maximum Gasteiger partial charge on any atom is 0.291 e. The molecule has 0 radical (unpaired) electrons. The van der Waals surface area contributed by atoms with Gasteiger partial charge >= 0.3 is 0 Å². The van der Waals surface area contributed by atoms with Gasteiger partial charge in [-0.05, 0) is 17.7 Å². The molecule has 1 atom stereocenters. The highest BCUT2D eigenvalue weighted by Crippen LogP contribution is 2.36. The summed E-state index contributed by atoms with van der Waals surface area (Å²) in [7, 11) is 0. The smallest absolute Gasteiger partial charge is 0.291 e. The molecule has 0 spiro atoms. The maximum absolute atomic E-state index is 11.4. The van der Waals surface area contributed by atoms with Gasteiger partial charge in [0, 0.05) is 35.9 Å². The molecule has 2 rings (SSSR count).